The molecule has 2 amide bonds. The predicted molar refractivity (Wildman–Crippen MR) is 123 cm³/mol. The summed E-state index contributed by atoms with van der Waals surface area (Å²) in [5, 5.41) is 5.95. The van der Waals surface area contributed by atoms with E-state index in [1.807, 2.05) is 46.8 Å². The van der Waals surface area contributed by atoms with Crippen LogP contribution >= 0.6 is 0 Å². The molecule has 0 aromatic heterocycles. The predicted octanol–water partition coefficient (Wildman–Crippen LogP) is 4.76. The summed E-state index contributed by atoms with van der Waals surface area (Å²) < 4.78 is 0. The van der Waals surface area contributed by atoms with Crippen molar-refractivity contribution >= 4 is 23.2 Å². The first-order chi connectivity index (χ1) is 14.1. The lowest BCUT2D eigenvalue weighted by Gasteiger charge is -2.32. The Morgan fingerprint density at radius 1 is 1.07 bits per heavy atom. The van der Waals surface area contributed by atoms with Crippen LogP contribution < -0.4 is 15.5 Å². The fourth-order valence-electron chi connectivity index (χ4n) is 3.80. The van der Waals surface area contributed by atoms with E-state index < -0.39 is 0 Å². The fourth-order valence-corrected chi connectivity index (χ4v) is 3.80. The molecule has 1 aliphatic rings. The van der Waals surface area contributed by atoms with Crippen LogP contribution in [0.1, 0.15) is 62.5 Å². The Morgan fingerprint density at radius 2 is 1.77 bits per heavy atom. The molecule has 0 saturated carbocycles. The second-order valence-electron chi connectivity index (χ2n) is 9.59. The molecule has 0 fully saturated rings. The van der Waals surface area contributed by atoms with Crippen molar-refractivity contribution in [2.75, 3.05) is 16.8 Å². The molecule has 1 aliphatic heterocycles. The third kappa shape index (κ3) is 5.62. The summed E-state index contributed by atoms with van der Waals surface area (Å²) in [6, 6.07) is 14.1. The van der Waals surface area contributed by atoms with Crippen molar-refractivity contribution in [3.8, 4) is 0 Å². The van der Waals surface area contributed by atoms with Crippen molar-refractivity contribution in [3.05, 3.63) is 59.2 Å². The van der Waals surface area contributed by atoms with Gasteiger partial charge in [0.05, 0.1) is 5.56 Å². The molecule has 0 spiro atoms. The molecular weight excluding hydrogens is 374 g/mol. The first kappa shape index (κ1) is 21.9. The van der Waals surface area contributed by atoms with Gasteiger partial charge in [0.25, 0.3) is 5.91 Å². The number of carbonyl (C=O) groups is 2. The van der Waals surface area contributed by atoms with Crippen LogP contribution in [0.15, 0.2) is 42.5 Å². The highest BCUT2D eigenvalue weighted by Gasteiger charge is 2.23. The van der Waals surface area contributed by atoms with Gasteiger partial charge in [0, 0.05) is 36.9 Å². The molecular formula is C25H33N3O2. The topological polar surface area (TPSA) is 61.4 Å². The van der Waals surface area contributed by atoms with Gasteiger partial charge in [0.1, 0.15) is 0 Å². The number of hydrogen-bond acceptors (Lipinski definition) is 3. The maximum Gasteiger partial charge on any atom is 0.253 e. The minimum Gasteiger partial charge on any atom is -0.366 e. The van der Waals surface area contributed by atoms with Crippen LogP contribution in [0, 0.1) is 5.41 Å². The molecule has 3 rings (SSSR count). The summed E-state index contributed by atoms with van der Waals surface area (Å²) in [4.78, 5) is 27.6. The van der Waals surface area contributed by atoms with Gasteiger partial charge in [-0.15, -0.1) is 0 Å². The summed E-state index contributed by atoms with van der Waals surface area (Å²) in [5.41, 5.74) is 4.71. The van der Waals surface area contributed by atoms with Crippen LogP contribution in [0.25, 0.3) is 0 Å². The second kappa shape index (κ2) is 8.90. The van der Waals surface area contributed by atoms with Crippen LogP contribution in [0.5, 0.6) is 0 Å². The molecule has 160 valence electrons. The van der Waals surface area contributed by atoms with Crippen molar-refractivity contribution in [1.82, 2.24) is 5.32 Å². The number of nitrogens with zero attached hydrogens (tertiary/aromatic N) is 1. The Hall–Kier alpha value is -2.82. The van der Waals surface area contributed by atoms with Gasteiger partial charge in [0.15, 0.2) is 0 Å². The van der Waals surface area contributed by atoms with Gasteiger partial charge < -0.3 is 15.5 Å². The summed E-state index contributed by atoms with van der Waals surface area (Å²) in [7, 11) is 0. The summed E-state index contributed by atoms with van der Waals surface area (Å²) in [5.74, 6) is -0.164. The Labute approximate surface area is 179 Å². The normalized spacial score (nSPS) is 13.7. The SMILES string of the molecule is CC(C)NC(=O)c1cc(NC(=O)CC(C)(C)C)ccc1N1CCc2ccccc2C1. The van der Waals surface area contributed by atoms with Gasteiger partial charge in [-0.2, -0.15) is 0 Å². The molecule has 0 atom stereocenters. The number of benzene rings is 2. The summed E-state index contributed by atoms with van der Waals surface area (Å²) in [6.07, 6.45) is 1.37. The van der Waals surface area contributed by atoms with Crippen molar-refractivity contribution in [3.63, 3.8) is 0 Å². The molecule has 0 aliphatic carbocycles. The van der Waals surface area contributed by atoms with Crippen LogP contribution in [0.2, 0.25) is 0 Å². The maximum atomic E-state index is 13.0. The van der Waals surface area contributed by atoms with Gasteiger partial charge in [-0.05, 0) is 55.0 Å². The van der Waals surface area contributed by atoms with Crippen LogP contribution in [-0.2, 0) is 17.8 Å². The Balaban J connectivity index is 1.89. The lowest BCUT2D eigenvalue weighted by Crippen LogP contribution is -2.35. The van der Waals surface area contributed by atoms with Gasteiger partial charge >= 0.3 is 0 Å². The molecule has 1 heterocycles. The van der Waals surface area contributed by atoms with Gasteiger partial charge in [-0.1, -0.05) is 45.0 Å². The van der Waals surface area contributed by atoms with Crippen molar-refractivity contribution in [1.29, 1.82) is 0 Å². The van der Waals surface area contributed by atoms with E-state index in [-0.39, 0.29) is 23.3 Å². The smallest absolute Gasteiger partial charge is 0.253 e. The zero-order chi connectivity index (χ0) is 21.9. The number of hydrogen-bond donors (Lipinski definition) is 2. The highest BCUT2D eigenvalue weighted by molar-refractivity contribution is 6.02. The Kier molecular flexibility index (Phi) is 6.49. The Bertz CT molecular complexity index is 928. The first-order valence-corrected chi connectivity index (χ1v) is 10.7. The third-order valence-corrected chi connectivity index (χ3v) is 5.11. The molecule has 0 saturated heterocycles. The van der Waals surface area contributed by atoms with E-state index in [1.165, 1.54) is 11.1 Å². The average molecular weight is 408 g/mol. The molecule has 2 N–H and O–H groups in total. The van der Waals surface area contributed by atoms with E-state index >= 15 is 0 Å². The van der Waals surface area contributed by atoms with E-state index in [4.69, 9.17) is 0 Å². The number of rotatable bonds is 5. The molecule has 30 heavy (non-hydrogen) atoms. The van der Waals surface area contributed by atoms with Crippen LogP contribution in [-0.4, -0.2) is 24.4 Å². The molecule has 0 unspecified atom stereocenters. The number of fused-ring (bicyclic) bond motifs is 1. The average Bonchev–Trinajstić information content (AvgIpc) is 2.65. The Morgan fingerprint density at radius 3 is 2.43 bits per heavy atom. The van der Waals surface area contributed by atoms with Gasteiger partial charge in [-0.3, -0.25) is 9.59 Å². The highest BCUT2D eigenvalue weighted by Crippen LogP contribution is 2.30. The zero-order valence-electron chi connectivity index (χ0n) is 18.7. The zero-order valence-corrected chi connectivity index (χ0v) is 18.7. The minimum absolute atomic E-state index is 0.0339. The molecule has 0 bridgehead atoms. The number of nitrogens with one attached hydrogen (secondary N) is 2. The molecule has 5 heteroatoms. The molecule has 0 radical (unpaired) electrons. The van der Waals surface area contributed by atoms with Crippen molar-refractivity contribution < 1.29 is 9.59 Å². The molecule has 2 aromatic carbocycles. The fraction of sp³-hybridized carbons (Fsp3) is 0.440. The molecule has 5 nitrogen and oxygen atoms in total. The lowest BCUT2D eigenvalue weighted by molar-refractivity contribution is -0.117. The highest BCUT2D eigenvalue weighted by atomic mass is 16.2. The van der Waals surface area contributed by atoms with Crippen molar-refractivity contribution in [2.24, 2.45) is 5.41 Å². The van der Waals surface area contributed by atoms with E-state index in [2.05, 4.69) is 39.8 Å². The first-order valence-electron chi connectivity index (χ1n) is 10.7. The van der Waals surface area contributed by atoms with Crippen LogP contribution in [0.4, 0.5) is 11.4 Å². The molecule has 2 aromatic rings. The second-order valence-corrected chi connectivity index (χ2v) is 9.59. The standard InChI is InChI=1S/C25H33N3O2/c1-17(2)26-24(30)21-14-20(27-23(29)15-25(3,4)5)10-11-22(21)28-13-12-18-8-6-7-9-19(18)16-28/h6-11,14,17H,12-13,15-16H2,1-5H3,(H,26,30)(H,27,29). The minimum atomic E-state index is -0.120. The van der Waals surface area contributed by atoms with E-state index in [9.17, 15) is 9.59 Å². The maximum absolute atomic E-state index is 13.0. The number of anilines is 2. The number of amides is 2. The van der Waals surface area contributed by atoms with Gasteiger partial charge in [0.2, 0.25) is 5.91 Å². The van der Waals surface area contributed by atoms with E-state index in [0.29, 0.717) is 17.7 Å². The monoisotopic (exact) mass is 407 g/mol. The van der Waals surface area contributed by atoms with E-state index in [0.717, 1.165) is 25.2 Å². The lowest BCUT2D eigenvalue weighted by atomic mass is 9.92. The summed E-state index contributed by atoms with van der Waals surface area (Å²) >= 11 is 0. The van der Waals surface area contributed by atoms with E-state index in [1.54, 1.807) is 6.07 Å². The largest absolute Gasteiger partial charge is 0.366 e. The van der Waals surface area contributed by atoms with Gasteiger partial charge in [-0.25, -0.2) is 0 Å². The summed E-state index contributed by atoms with van der Waals surface area (Å²) in [6.45, 7) is 11.6. The van der Waals surface area contributed by atoms with Crippen LogP contribution in [0.3, 0.4) is 0 Å². The quantitative estimate of drug-likeness (QED) is 0.751. The van der Waals surface area contributed by atoms with Crippen molar-refractivity contribution in [2.45, 2.75) is 60.0 Å². The third-order valence-electron chi connectivity index (χ3n) is 5.11. The number of carbonyl (C=O) groups excluding carboxylic acids is 2.